The van der Waals surface area contributed by atoms with E-state index < -0.39 is 14.9 Å². The van der Waals surface area contributed by atoms with Crippen LogP contribution in [0.2, 0.25) is 5.02 Å². The largest absolute Gasteiger partial charge is 0.382 e. The molecular formula is C11H9ClN4O4S. The molecule has 3 N–H and O–H groups in total. The average Bonchev–Trinajstić information content (AvgIpc) is 2.41. The lowest BCUT2D eigenvalue weighted by Gasteiger charge is -2.08. The van der Waals surface area contributed by atoms with Crippen LogP contribution in [0.15, 0.2) is 41.4 Å². The Hall–Kier alpha value is -2.39. The highest BCUT2D eigenvalue weighted by molar-refractivity contribution is 7.92. The van der Waals surface area contributed by atoms with Crippen molar-refractivity contribution in [2.24, 2.45) is 0 Å². The third-order valence-electron chi connectivity index (χ3n) is 2.46. The number of nitrogens with one attached hydrogen (secondary N) is 1. The average molecular weight is 329 g/mol. The second-order valence-electron chi connectivity index (χ2n) is 3.95. The first kappa shape index (κ1) is 15.0. The number of sulfonamides is 1. The van der Waals surface area contributed by atoms with E-state index in [0.717, 1.165) is 18.3 Å². The Labute approximate surface area is 124 Å². The standard InChI is InChI=1S/C11H9ClN4O4S/c12-10-5-9(6-14-11(10)13)21(19,20)15-7-2-1-3-8(4-7)16(17)18/h1-6,15H,(H2,13,14). The van der Waals surface area contributed by atoms with Crippen molar-refractivity contribution >= 4 is 38.8 Å². The predicted molar refractivity (Wildman–Crippen MR) is 77.6 cm³/mol. The summed E-state index contributed by atoms with van der Waals surface area (Å²) in [7, 11) is -3.97. The monoisotopic (exact) mass is 328 g/mol. The third kappa shape index (κ3) is 3.38. The number of nitrogens with zero attached hydrogens (tertiary/aromatic N) is 2. The number of hydrogen-bond donors (Lipinski definition) is 2. The van der Waals surface area contributed by atoms with E-state index in [4.69, 9.17) is 17.3 Å². The molecule has 1 aromatic heterocycles. The molecule has 0 bridgehead atoms. The summed E-state index contributed by atoms with van der Waals surface area (Å²) in [5.41, 5.74) is 5.22. The Morgan fingerprint density at radius 2 is 2.05 bits per heavy atom. The zero-order valence-corrected chi connectivity index (χ0v) is 11.9. The second-order valence-corrected chi connectivity index (χ2v) is 6.04. The van der Waals surface area contributed by atoms with Gasteiger partial charge >= 0.3 is 0 Å². The Kier molecular flexibility index (Phi) is 3.96. The lowest BCUT2D eigenvalue weighted by molar-refractivity contribution is -0.384. The molecule has 0 atom stereocenters. The van der Waals surface area contributed by atoms with E-state index >= 15 is 0 Å². The minimum Gasteiger partial charge on any atom is -0.382 e. The maximum Gasteiger partial charge on any atom is 0.271 e. The van der Waals surface area contributed by atoms with Gasteiger partial charge in [-0.3, -0.25) is 14.8 Å². The molecule has 110 valence electrons. The molecule has 0 fully saturated rings. The van der Waals surface area contributed by atoms with E-state index in [2.05, 4.69) is 9.71 Å². The molecule has 2 aromatic rings. The minimum absolute atomic E-state index is 0.00285. The molecule has 0 aliphatic rings. The van der Waals surface area contributed by atoms with E-state index in [9.17, 15) is 18.5 Å². The van der Waals surface area contributed by atoms with Gasteiger partial charge in [0.05, 0.1) is 15.6 Å². The molecule has 10 heteroatoms. The number of rotatable bonds is 4. The van der Waals surface area contributed by atoms with Gasteiger partial charge in [0.2, 0.25) is 0 Å². The smallest absolute Gasteiger partial charge is 0.271 e. The van der Waals surface area contributed by atoms with E-state index in [1.807, 2.05) is 0 Å². The van der Waals surface area contributed by atoms with Gasteiger partial charge in [0.1, 0.15) is 10.7 Å². The summed E-state index contributed by atoms with van der Waals surface area (Å²) >= 11 is 5.72. The van der Waals surface area contributed by atoms with Gasteiger partial charge in [-0.15, -0.1) is 0 Å². The van der Waals surface area contributed by atoms with E-state index in [0.29, 0.717) is 0 Å². The van der Waals surface area contributed by atoms with E-state index in [1.165, 1.54) is 18.2 Å². The van der Waals surface area contributed by atoms with Crippen molar-refractivity contribution in [3.05, 3.63) is 51.7 Å². The quantitative estimate of drug-likeness (QED) is 0.652. The zero-order valence-electron chi connectivity index (χ0n) is 10.4. The molecule has 0 saturated carbocycles. The molecule has 0 unspecified atom stereocenters. The molecule has 0 radical (unpaired) electrons. The van der Waals surface area contributed by atoms with Gasteiger partial charge < -0.3 is 5.73 Å². The summed E-state index contributed by atoms with van der Waals surface area (Å²) in [6.07, 6.45) is 1.04. The van der Waals surface area contributed by atoms with Crippen LogP contribution in [0.1, 0.15) is 0 Å². The molecule has 1 aromatic carbocycles. The van der Waals surface area contributed by atoms with Crippen molar-refractivity contribution in [3.8, 4) is 0 Å². The van der Waals surface area contributed by atoms with Crippen LogP contribution in [0.25, 0.3) is 0 Å². The summed E-state index contributed by atoms with van der Waals surface area (Å²) in [5, 5.41) is 10.7. The van der Waals surface area contributed by atoms with Gasteiger partial charge in [0, 0.05) is 18.3 Å². The number of anilines is 2. The van der Waals surface area contributed by atoms with E-state index in [-0.39, 0.29) is 27.1 Å². The van der Waals surface area contributed by atoms with Crippen molar-refractivity contribution in [3.63, 3.8) is 0 Å². The molecular weight excluding hydrogens is 320 g/mol. The number of nitro groups is 1. The van der Waals surface area contributed by atoms with Crippen molar-refractivity contribution < 1.29 is 13.3 Å². The molecule has 0 amide bonds. The summed E-state index contributed by atoms with van der Waals surface area (Å²) in [4.78, 5) is 13.5. The van der Waals surface area contributed by atoms with Gasteiger partial charge in [-0.05, 0) is 12.1 Å². The summed E-state index contributed by atoms with van der Waals surface area (Å²) < 4.78 is 26.5. The summed E-state index contributed by atoms with van der Waals surface area (Å²) in [5.74, 6) is 0.00552. The second kappa shape index (κ2) is 5.54. The number of pyridine rings is 1. The summed E-state index contributed by atoms with van der Waals surface area (Å²) in [6, 6.07) is 6.24. The van der Waals surface area contributed by atoms with Crippen molar-refractivity contribution in [1.29, 1.82) is 0 Å². The number of nitro benzene ring substituents is 1. The van der Waals surface area contributed by atoms with Crippen LogP contribution in [-0.2, 0) is 10.0 Å². The van der Waals surface area contributed by atoms with Crippen LogP contribution in [0.4, 0.5) is 17.2 Å². The normalized spacial score (nSPS) is 11.1. The molecule has 8 nitrogen and oxygen atoms in total. The minimum atomic E-state index is -3.97. The first-order valence-electron chi connectivity index (χ1n) is 5.48. The topological polar surface area (TPSA) is 128 Å². The Morgan fingerprint density at radius 1 is 1.33 bits per heavy atom. The van der Waals surface area contributed by atoms with Crippen LogP contribution < -0.4 is 10.5 Å². The van der Waals surface area contributed by atoms with Gasteiger partial charge in [-0.25, -0.2) is 13.4 Å². The number of hydrogen-bond acceptors (Lipinski definition) is 6. The molecule has 1 heterocycles. The summed E-state index contributed by atoms with van der Waals surface area (Å²) in [6.45, 7) is 0. The molecule has 21 heavy (non-hydrogen) atoms. The van der Waals surface area contributed by atoms with Gasteiger partial charge in [0.15, 0.2) is 0 Å². The number of nitrogen functional groups attached to an aromatic ring is 1. The number of benzene rings is 1. The molecule has 0 spiro atoms. The predicted octanol–water partition coefficient (Wildman–Crippen LogP) is 2.03. The number of halogens is 1. The fraction of sp³-hybridized carbons (Fsp3) is 0. The highest BCUT2D eigenvalue weighted by Gasteiger charge is 2.17. The SMILES string of the molecule is Nc1ncc(S(=O)(=O)Nc2cccc([N+](=O)[O-])c2)cc1Cl. The third-order valence-corrected chi connectivity index (χ3v) is 4.12. The molecule has 0 aliphatic heterocycles. The maximum atomic E-state index is 12.1. The Balaban J connectivity index is 2.35. The lowest BCUT2D eigenvalue weighted by atomic mass is 10.3. The number of non-ortho nitro benzene ring substituents is 1. The Morgan fingerprint density at radius 3 is 2.67 bits per heavy atom. The van der Waals surface area contributed by atoms with Gasteiger partial charge in [0.25, 0.3) is 15.7 Å². The van der Waals surface area contributed by atoms with Crippen molar-refractivity contribution in [2.45, 2.75) is 4.90 Å². The zero-order chi connectivity index (χ0) is 15.6. The van der Waals surface area contributed by atoms with Crippen molar-refractivity contribution in [2.75, 3.05) is 10.5 Å². The van der Waals surface area contributed by atoms with E-state index in [1.54, 1.807) is 0 Å². The first-order valence-corrected chi connectivity index (χ1v) is 7.34. The highest BCUT2D eigenvalue weighted by Crippen LogP contribution is 2.23. The van der Waals surface area contributed by atoms with Crippen LogP contribution in [0, 0.1) is 10.1 Å². The molecule has 2 rings (SSSR count). The van der Waals surface area contributed by atoms with Gasteiger partial charge in [-0.2, -0.15) is 0 Å². The van der Waals surface area contributed by atoms with Crippen LogP contribution >= 0.6 is 11.6 Å². The maximum absolute atomic E-state index is 12.1. The van der Waals surface area contributed by atoms with Crippen molar-refractivity contribution in [1.82, 2.24) is 4.98 Å². The number of aromatic nitrogens is 1. The number of nitrogens with two attached hydrogens (primary N) is 1. The van der Waals surface area contributed by atoms with Crippen LogP contribution in [0.3, 0.4) is 0 Å². The Bertz CT molecular complexity index is 810. The fourth-order valence-corrected chi connectivity index (χ4v) is 2.73. The van der Waals surface area contributed by atoms with Crippen LogP contribution in [0.5, 0.6) is 0 Å². The molecule has 0 aliphatic carbocycles. The molecule has 0 saturated heterocycles. The highest BCUT2D eigenvalue weighted by atomic mass is 35.5. The van der Waals surface area contributed by atoms with Gasteiger partial charge in [-0.1, -0.05) is 17.7 Å². The first-order chi connectivity index (χ1) is 9.79. The fourth-order valence-electron chi connectivity index (χ4n) is 1.47. The van der Waals surface area contributed by atoms with Crippen LogP contribution in [-0.4, -0.2) is 18.3 Å². The lowest BCUT2D eigenvalue weighted by Crippen LogP contribution is -2.13.